The van der Waals surface area contributed by atoms with E-state index in [0.717, 1.165) is 11.1 Å². The Kier molecular flexibility index (Phi) is 8.29. The Morgan fingerprint density at radius 1 is 1.14 bits per heavy atom. The van der Waals surface area contributed by atoms with Crippen LogP contribution in [0.5, 0.6) is 5.75 Å². The average Bonchev–Trinajstić information content (AvgIpc) is 2.66. The van der Waals surface area contributed by atoms with Crippen molar-refractivity contribution >= 4 is 29.1 Å². The van der Waals surface area contributed by atoms with Gasteiger partial charge >= 0.3 is 0 Å². The number of benzene rings is 2. The van der Waals surface area contributed by atoms with Gasteiger partial charge in [-0.25, -0.2) is 0 Å². The Morgan fingerprint density at radius 2 is 1.93 bits per heavy atom. The zero-order valence-corrected chi connectivity index (χ0v) is 17.2. The number of hydrogen-bond donors (Lipinski definition) is 2. The highest BCUT2D eigenvalue weighted by atomic mass is 35.5. The fraction of sp³-hybridized carbons (Fsp3) is 0.333. The predicted molar refractivity (Wildman–Crippen MR) is 112 cm³/mol. The van der Waals surface area contributed by atoms with Crippen LogP contribution in [0.1, 0.15) is 18.1 Å². The average molecular weight is 404 g/mol. The highest BCUT2D eigenvalue weighted by Crippen LogP contribution is 2.24. The summed E-state index contributed by atoms with van der Waals surface area (Å²) in [4.78, 5) is 26.4. The maximum atomic E-state index is 12.2. The minimum atomic E-state index is -0.310. The highest BCUT2D eigenvalue weighted by molar-refractivity contribution is 6.30. The zero-order chi connectivity index (χ0) is 20.5. The van der Waals surface area contributed by atoms with Crippen LogP contribution in [-0.4, -0.2) is 43.5 Å². The summed E-state index contributed by atoms with van der Waals surface area (Å²) in [6.45, 7) is 5.31. The van der Waals surface area contributed by atoms with Gasteiger partial charge in [-0.3, -0.25) is 14.5 Å². The molecule has 0 aliphatic rings. The Bertz CT molecular complexity index is 826. The molecule has 7 heteroatoms. The first-order valence-corrected chi connectivity index (χ1v) is 9.47. The fourth-order valence-electron chi connectivity index (χ4n) is 2.72. The van der Waals surface area contributed by atoms with E-state index in [2.05, 4.69) is 10.6 Å². The van der Waals surface area contributed by atoms with Crippen molar-refractivity contribution in [3.63, 3.8) is 0 Å². The number of hydrogen-bond acceptors (Lipinski definition) is 4. The van der Waals surface area contributed by atoms with Gasteiger partial charge in [-0.1, -0.05) is 36.7 Å². The summed E-state index contributed by atoms with van der Waals surface area (Å²) < 4.78 is 5.24. The summed E-state index contributed by atoms with van der Waals surface area (Å²) in [6.07, 6.45) is 0. The molecule has 0 bridgehead atoms. The van der Waals surface area contributed by atoms with Gasteiger partial charge in [0.2, 0.25) is 11.8 Å². The maximum absolute atomic E-state index is 12.2. The molecule has 2 amide bonds. The Hall–Kier alpha value is -2.57. The lowest BCUT2D eigenvalue weighted by atomic mass is 10.2. The Labute approximate surface area is 170 Å². The van der Waals surface area contributed by atoms with Gasteiger partial charge < -0.3 is 15.4 Å². The second-order valence-corrected chi connectivity index (χ2v) is 6.90. The number of likely N-dealkylation sites (N-methyl/N-ethyl adjacent to an activating group) is 1. The molecular weight excluding hydrogens is 378 g/mol. The summed E-state index contributed by atoms with van der Waals surface area (Å²) in [7, 11) is 1.54. The van der Waals surface area contributed by atoms with Crippen molar-refractivity contribution in [1.82, 2.24) is 10.2 Å². The molecule has 0 radical (unpaired) electrons. The SMILES string of the molecule is CCN(CC(=O)NCC(=O)Nc1cc(C)ccc1OC)Cc1cccc(Cl)c1. The molecule has 0 spiro atoms. The number of nitrogens with zero attached hydrogens (tertiary/aromatic N) is 1. The van der Waals surface area contributed by atoms with Crippen LogP contribution in [0.4, 0.5) is 5.69 Å². The monoisotopic (exact) mass is 403 g/mol. The van der Waals surface area contributed by atoms with Crippen molar-refractivity contribution in [3.05, 3.63) is 58.6 Å². The van der Waals surface area contributed by atoms with Crippen LogP contribution in [-0.2, 0) is 16.1 Å². The van der Waals surface area contributed by atoms with Gasteiger partial charge in [-0.15, -0.1) is 0 Å². The third kappa shape index (κ3) is 6.87. The van der Waals surface area contributed by atoms with E-state index in [1.54, 1.807) is 13.2 Å². The Balaban J connectivity index is 1.83. The standard InChI is InChI=1S/C21H26ClN3O3/c1-4-25(13-16-6-5-7-17(22)11-16)14-21(27)23-12-20(26)24-18-10-15(2)8-9-19(18)28-3/h5-11H,4,12-14H2,1-3H3,(H,23,27)(H,24,26). The third-order valence-corrected chi connectivity index (χ3v) is 4.42. The second kappa shape index (κ2) is 10.7. The smallest absolute Gasteiger partial charge is 0.243 e. The summed E-state index contributed by atoms with van der Waals surface area (Å²) >= 11 is 6.01. The lowest BCUT2D eigenvalue weighted by molar-refractivity contribution is -0.125. The molecule has 0 fully saturated rings. The zero-order valence-electron chi connectivity index (χ0n) is 16.4. The lowest BCUT2D eigenvalue weighted by Crippen LogP contribution is -2.40. The number of amides is 2. The van der Waals surface area contributed by atoms with E-state index >= 15 is 0 Å². The summed E-state index contributed by atoms with van der Waals surface area (Å²) in [5, 5.41) is 6.09. The topological polar surface area (TPSA) is 70.7 Å². The van der Waals surface area contributed by atoms with E-state index < -0.39 is 0 Å². The first-order chi connectivity index (χ1) is 13.4. The molecule has 0 aliphatic heterocycles. The van der Waals surface area contributed by atoms with Crippen molar-refractivity contribution < 1.29 is 14.3 Å². The molecule has 0 saturated carbocycles. The Morgan fingerprint density at radius 3 is 2.61 bits per heavy atom. The number of carbonyl (C=O) groups is 2. The fourth-order valence-corrected chi connectivity index (χ4v) is 2.94. The molecule has 0 saturated heterocycles. The van der Waals surface area contributed by atoms with E-state index in [4.69, 9.17) is 16.3 Å². The van der Waals surface area contributed by atoms with Gasteiger partial charge in [0, 0.05) is 11.6 Å². The number of aryl methyl sites for hydroxylation is 1. The predicted octanol–water partition coefficient (Wildman–Crippen LogP) is 3.23. The number of carbonyl (C=O) groups excluding carboxylic acids is 2. The van der Waals surface area contributed by atoms with Crippen LogP contribution in [0.25, 0.3) is 0 Å². The molecule has 6 nitrogen and oxygen atoms in total. The molecule has 150 valence electrons. The van der Waals surface area contributed by atoms with E-state index in [1.165, 1.54) is 0 Å². The summed E-state index contributed by atoms with van der Waals surface area (Å²) in [6, 6.07) is 13.1. The van der Waals surface area contributed by atoms with Gasteiger partial charge in [0.25, 0.3) is 0 Å². The molecule has 0 atom stereocenters. The molecule has 0 aromatic heterocycles. The van der Waals surface area contributed by atoms with Crippen molar-refractivity contribution in [2.45, 2.75) is 20.4 Å². The van der Waals surface area contributed by atoms with Crippen LogP contribution >= 0.6 is 11.6 Å². The van der Waals surface area contributed by atoms with Crippen molar-refractivity contribution in [2.24, 2.45) is 0 Å². The number of nitrogens with one attached hydrogen (secondary N) is 2. The molecule has 28 heavy (non-hydrogen) atoms. The third-order valence-electron chi connectivity index (χ3n) is 4.18. The maximum Gasteiger partial charge on any atom is 0.243 e. The van der Waals surface area contributed by atoms with E-state index in [1.807, 2.05) is 55.1 Å². The molecule has 0 heterocycles. The van der Waals surface area contributed by atoms with Gasteiger partial charge in [0.1, 0.15) is 5.75 Å². The normalized spacial score (nSPS) is 10.6. The first-order valence-electron chi connectivity index (χ1n) is 9.09. The molecule has 2 aromatic carbocycles. The number of ether oxygens (including phenoxy) is 1. The quantitative estimate of drug-likeness (QED) is 0.674. The number of anilines is 1. The molecule has 0 unspecified atom stereocenters. The summed E-state index contributed by atoms with van der Waals surface area (Å²) in [5.41, 5.74) is 2.61. The largest absolute Gasteiger partial charge is 0.495 e. The second-order valence-electron chi connectivity index (χ2n) is 6.46. The van der Waals surface area contributed by atoms with Crippen molar-refractivity contribution in [1.29, 1.82) is 0 Å². The van der Waals surface area contributed by atoms with Crippen LogP contribution in [0.15, 0.2) is 42.5 Å². The van der Waals surface area contributed by atoms with Gasteiger partial charge in [-0.2, -0.15) is 0 Å². The molecule has 2 rings (SSSR count). The van der Waals surface area contributed by atoms with Gasteiger partial charge in [0.05, 0.1) is 25.9 Å². The molecular formula is C21H26ClN3O3. The van der Waals surface area contributed by atoms with Crippen LogP contribution in [0, 0.1) is 6.92 Å². The highest BCUT2D eigenvalue weighted by Gasteiger charge is 2.12. The number of methoxy groups -OCH3 is 1. The molecule has 2 aromatic rings. The van der Waals surface area contributed by atoms with Gasteiger partial charge in [-0.05, 0) is 48.9 Å². The minimum absolute atomic E-state index is 0.106. The van der Waals surface area contributed by atoms with Crippen molar-refractivity contribution in [2.75, 3.05) is 32.1 Å². The van der Waals surface area contributed by atoms with E-state index in [-0.39, 0.29) is 24.9 Å². The molecule has 0 aliphatic carbocycles. The number of rotatable bonds is 9. The van der Waals surface area contributed by atoms with E-state index in [9.17, 15) is 9.59 Å². The van der Waals surface area contributed by atoms with Crippen LogP contribution < -0.4 is 15.4 Å². The van der Waals surface area contributed by atoms with Crippen LogP contribution in [0.2, 0.25) is 5.02 Å². The van der Waals surface area contributed by atoms with Crippen LogP contribution in [0.3, 0.4) is 0 Å². The van der Waals surface area contributed by atoms with E-state index in [0.29, 0.717) is 29.5 Å². The number of halogens is 1. The van der Waals surface area contributed by atoms with Crippen molar-refractivity contribution in [3.8, 4) is 5.75 Å². The van der Waals surface area contributed by atoms with Gasteiger partial charge in [0.15, 0.2) is 0 Å². The summed E-state index contributed by atoms with van der Waals surface area (Å²) in [5.74, 6) is 0.0503. The minimum Gasteiger partial charge on any atom is -0.495 e. The molecule has 2 N–H and O–H groups in total. The lowest BCUT2D eigenvalue weighted by Gasteiger charge is -2.20. The first kappa shape index (κ1) is 21.7.